The Kier molecular flexibility index (Phi) is 7.25. The summed E-state index contributed by atoms with van der Waals surface area (Å²) in [6.45, 7) is 2.01. The Morgan fingerprint density at radius 2 is 1.78 bits per heavy atom. The van der Waals surface area contributed by atoms with Gasteiger partial charge < -0.3 is 4.74 Å². The number of halogens is 1. The van der Waals surface area contributed by atoms with E-state index in [2.05, 4.69) is 21.2 Å². The number of ether oxygens (including phenoxy) is 1. The number of barbiturate groups is 1. The summed E-state index contributed by atoms with van der Waals surface area (Å²) < 4.78 is 6.54. The van der Waals surface area contributed by atoms with E-state index in [-0.39, 0.29) is 17.9 Å². The van der Waals surface area contributed by atoms with E-state index in [0.29, 0.717) is 27.0 Å². The van der Waals surface area contributed by atoms with Gasteiger partial charge in [0.25, 0.3) is 17.5 Å². The smallest absolute Gasteiger partial charge is 0.335 e. The standard InChI is InChI=1S/C26H20BrN3O6/c1-2-16-6-9-20(10-7-16)29-25(32)22(24(31)28-26(29)33)14-18-13-19(27)8-11-23(18)36-15-17-4-3-5-21(12-17)30(34)35/h3-14H,2,15H2,1H3,(H,28,31,33)/b22-14-. The molecule has 3 aromatic rings. The second-order valence-electron chi connectivity index (χ2n) is 7.88. The van der Waals surface area contributed by atoms with Crippen LogP contribution in [-0.2, 0) is 22.6 Å². The number of non-ortho nitro benzene ring substituents is 1. The Bertz CT molecular complexity index is 1400. The van der Waals surface area contributed by atoms with Gasteiger partial charge in [0, 0.05) is 22.2 Å². The number of imide groups is 2. The monoisotopic (exact) mass is 549 g/mol. The Hall–Kier alpha value is -4.31. The first-order valence-corrected chi connectivity index (χ1v) is 11.7. The van der Waals surface area contributed by atoms with Gasteiger partial charge in [-0.2, -0.15) is 0 Å². The van der Waals surface area contributed by atoms with Crippen molar-refractivity contribution in [2.75, 3.05) is 4.90 Å². The highest BCUT2D eigenvalue weighted by Gasteiger charge is 2.37. The number of rotatable bonds is 7. The molecule has 1 N–H and O–H groups in total. The summed E-state index contributed by atoms with van der Waals surface area (Å²) in [5.74, 6) is -1.25. The van der Waals surface area contributed by atoms with Crippen LogP contribution >= 0.6 is 15.9 Å². The van der Waals surface area contributed by atoms with Gasteiger partial charge in [0.2, 0.25) is 0 Å². The van der Waals surface area contributed by atoms with Gasteiger partial charge in [0.1, 0.15) is 17.9 Å². The maximum atomic E-state index is 13.2. The van der Waals surface area contributed by atoms with Gasteiger partial charge in [-0.05, 0) is 54.0 Å². The molecule has 0 radical (unpaired) electrons. The summed E-state index contributed by atoms with van der Waals surface area (Å²) in [6, 6.07) is 17.2. The number of nitrogens with one attached hydrogen (secondary N) is 1. The molecular weight excluding hydrogens is 530 g/mol. The number of nitro benzene ring substituents is 1. The van der Waals surface area contributed by atoms with Crippen LogP contribution in [0.25, 0.3) is 6.08 Å². The molecule has 0 spiro atoms. The minimum atomic E-state index is -0.831. The van der Waals surface area contributed by atoms with Crippen molar-refractivity contribution in [1.82, 2.24) is 5.32 Å². The lowest BCUT2D eigenvalue weighted by Crippen LogP contribution is -2.54. The fourth-order valence-corrected chi connectivity index (χ4v) is 3.99. The first-order chi connectivity index (χ1) is 17.3. The Morgan fingerprint density at radius 3 is 2.47 bits per heavy atom. The number of carbonyl (C=O) groups is 3. The molecule has 36 heavy (non-hydrogen) atoms. The maximum Gasteiger partial charge on any atom is 0.335 e. The van der Waals surface area contributed by atoms with Crippen LogP contribution in [0.5, 0.6) is 5.75 Å². The van der Waals surface area contributed by atoms with E-state index in [4.69, 9.17) is 4.74 Å². The van der Waals surface area contributed by atoms with Gasteiger partial charge in [-0.15, -0.1) is 0 Å². The van der Waals surface area contributed by atoms with E-state index >= 15 is 0 Å². The topological polar surface area (TPSA) is 119 Å². The van der Waals surface area contributed by atoms with Crippen molar-refractivity contribution >= 4 is 51.2 Å². The molecule has 182 valence electrons. The quantitative estimate of drug-likeness (QED) is 0.188. The zero-order valence-electron chi connectivity index (χ0n) is 19.1. The predicted octanol–water partition coefficient (Wildman–Crippen LogP) is 5.17. The average molecular weight is 550 g/mol. The Morgan fingerprint density at radius 1 is 1.03 bits per heavy atom. The van der Waals surface area contributed by atoms with Crippen LogP contribution < -0.4 is 15.0 Å². The van der Waals surface area contributed by atoms with Crippen molar-refractivity contribution < 1.29 is 24.0 Å². The fourth-order valence-electron chi connectivity index (χ4n) is 3.61. The van der Waals surface area contributed by atoms with E-state index in [1.165, 1.54) is 18.2 Å². The highest BCUT2D eigenvalue weighted by Crippen LogP contribution is 2.29. The molecule has 0 atom stereocenters. The largest absolute Gasteiger partial charge is 0.488 e. The molecule has 1 heterocycles. The first kappa shape index (κ1) is 24.8. The number of nitro groups is 1. The van der Waals surface area contributed by atoms with Crippen molar-refractivity contribution in [2.45, 2.75) is 20.0 Å². The minimum Gasteiger partial charge on any atom is -0.488 e. The SMILES string of the molecule is CCc1ccc(N2C(=O)NC(=O)/C(=C/c3cc(Br)ccc3OCc3cccc([N+](=O)[O-])c3)C2=O)cc1. The summed E-state index contributed by atoms with van der Waals surface area (Å²) >= 11 is 3.37. The first-order valence-electron chi connectivity index (χ1n) is 10.9. The molecule has 0 aliphatic carbocycles. The molecule has 4 amide bonds. The number of carbonyl (C=O) groups excluding carboxylic acids is 3. The molecule has 0 saturated carbocycles. The van der Waals surface area contributed by atoms with Crippen LogP contribution in [0.4, 0.5) is 16.2 Å². The number of anilines is 1. The van der Waals surface area contributed by atoms with E-state index in [9.17, 15) is 24.5 Å². The number of hydrogen-bond acceptors (Lipinski definition) is 6. The molecule has 9 nitrogen and oxygen atoms in total. The van der Waals surface area contributed by atoms with Crippen LogP contribution in [0.1, 0.15) is 23.6 Å². The van der Waals surface area contributed by atoms with Crippen LogP contribution in [0.15, 0.2) is 76.8 Å². The molecule has 0 aromatic heterocycles. The van der Waals surface area contributed by atoms with Gasteiger partial charge >= 0.3 is 6.03 Å². The van der Waals surface area contributed by atoms with Gasteiger partial charge in [0.05, 0.1) is 10.6 Å². The number of urea groups is 1. The summed E-state index contributed by atoms with van der Waals surface area (Å²) in [4.78, 5) is 49.8. The van der Waals surface area contributed by atoms with Gasteiger partial charge in [-0.1, -0.05) is 47.1 Å². The van der Waals surface area contributed by atoms with Gasteiger partial charge in [0.15, 0.2) is 0 Å². The van der Waals surface area contributed by atoms with E-state index in [1.807, 2.05) is 19.1 Å². The van der Waals surface area contributed by atoms with Crippen molar-refractivity contribution in [3.8, 4) is 5.75 Å². The highest BCUT2D eigenvalue weighted by atomic mass is 79.9. The Balaban J connectivity index is 1.65. The zero-order valence-corrected chi connectivity index (χ0v) is 20.7. The molecule has 10 heteroatoms. The molecule has 0 bridgehead atoms. The lowest BCUT2D eigenvalue weighted by atomic mass is 10.1. The molecule has 1 fully saturated rings. The average Bonchev–Trinajstić information content (AvgIpc) is 2.86. The summed E-state index contributed by atoms with van der Waals surface area (Å²) in [5, 5.41) is 13.2. The van der Waals surface area contributed by atoms with Crippen LogP contribution in [0, 0.1) is 10.1 Å². The van der Waals surface area contributed by atoms with Crippen molar-refractivity contribution in [1.29, 1.82) is 0 Å². The van der Waals surface area contributed by atoms with E-state index < -0.39 is 22.8 Å². The number of nitrogens with zero attached hydrogens (tertiary/aromatic N) is 2. The molecular formula is C26H20BrN3O6. The van der Waals surface area contributed by atoms with E-state index in [1.54, 1.807) is 42.5 Å². The van der Waals surface area contributed by atoms with Crippen LogP contribution in [0.3, 0.4) is 0 Å². The highest BCUT2D eigenvalue weighted by molar-refractivity contribution is 9.10. The summed E-state index contributed by atoms with van der Waals surface area (Å²) in [7, 11) is 0. The zero-order chi connectivity index (χ0) is 25.8. The molecule has 0 unspecified atom stereocenters. The van der Waals surface area contributed by atoms with Crippen molar-refractivity contribution in [3.63, 3.8) is 0 Å². The lowest BCUT2D eigenvalue weighted by Gasteiger charge is -2.26. The number of aryl methyl sites for hydroxylation is 1. The molecule has 1 saturated heterocycles. The number of benzene rings is 3. The van der Waals surface area contributed by atoms with E-state index in [0.717, 1.165) is 16.9 Å². The molecule has 3 aromatic carbocycles. The summed E-state index contributed by atoms with van der Waals surface area (Å²) in [5.41, 5.74) is 2.05. The second-order valence-corrected chi connectivity index (χ2v) is 8.79. The van der Waals surface area contributed by atoms with Crippen molar-refractivity contribution in [2.24, 2.45) is 0 Å². The summed E-state index contributed by atoms with van der Waals surface area (Å²) in [6.07, 6.45) is 2.15. The third-order valence-electron chi connectivity index (χ3n) is 5.49. The molecule has 1 aliphatic rings. The predicted molar refractivity (Wildman–Crippen MR) is 136 cm³/mol. The third-order valence-corrected chi connectivity index (χ3v) is 5.99. The van der Waals surface area contributed by atoms with Gasteiger partial charge in [-0.3, -0.25) is 25.0 Å². The number of amides is 4. The Labute approximate surface area is 214 Å². The van der Waals surface area contributed by atoms with Crippen molar-refractivity contribution in [3.05, 3.63) is 104 Å². The molecule has 4 rings (SSSR count). The third kappa shape index (κ3) is 5.33. The minimum absolute atomic E-state index is 0.0218. The van der Waals surface area contributed by atoms with Crippen LogP contribution in [0.2, 0.25) is 0 Å². The van der Waals surface area contributed by atoms with Gasteiger partial charge in [-0.25, -0.2) is 9.69 Å². The second kappa shape index (κ2) is 10.5. The maximum absolute atomic E-state index is 13.2. The normalized spacial score (nSPS) is 14.7. The fraction of sp³-hybridized carbons (Fsp3) is 0.115. The number of hydrogen-bond donors (Lipinski definition) is 1. The lowest BCUT2D eigenvalue weighted by molar-refractivity contribution is -0.384. The molecule has 1 aliphatic heterocycles. The van der Waals surface area contributed by atoms with Crippen LogP contribution in [-0.4, -0.2) is 22.8 Å².